The standard InChI is InChI=1S/C22H42O14/c1-8-12(27)15(30)17(32)20(33-8)36-19-16(31)14(29)11(7-24)34-21(19)35-18(10(26)6-23)13(28)9(25)5-22(2,3)4/h8-21,23-32H,5-7H2,1-4H3/t8-,9-,10+,11+,12+,13+,14-,15+,16-,17-,18+,19+,20+,21-/m0/s1. The van der Waals surface area contributed by atoms with Crippen molar-refractivity contribution in [3.05, 3.63) is 0 Å². The molecule has 14 nitrogen and oxygen atoms in total. The molecule has 2 heterocycles. The lowest BCUT2D eigenvalue weighted by atomic mass is 9.86. The van der Waals surface area contributed by atoms with Crippen LogP contribution < -0.4 is 0 Å². The molecular weight excluding hydrogens is 488 g/mol. The molecule has 0 aromatic rings. The smallest absolute Gasteiger partial charge is 0.187 e. The molecule has 36 heavy (non-hydrogen) atoms. The molecule has 2 aliphatic rings. The van der Waals surface area contributed by atoms with Crippen LogP contribution in [0.1, 0.15) is 34.1 Å². The Morgan fingerprint density at radius 1 is 0.778 bits per heavy atom. The molecule has 2 rings (SSSR count). The number of aliphatic hydroxyl groups is 10. The van der Waals surface area contributed by atoms with Gasteiger partial charge in [-0.05, 0) is 18.8 Å². The van der Waals surface area contributed by atoms with Crippen LogP contribution in [0.5, 0.6) is 0 Å². The second-order valence-corrected chi connectivity index (χ2v) is 10.7. The van der Waals surface area contributed by atoms with E-state index in [4.69, 9.17) is 18.9 Å². The Labute approximate surface area is 209 Å². The first-order valence-electron chi connectivity index (χ1n) is 11.9. The van der Waals surface area contributed by atoms with Crippen molar-refractivity contribution in [1.82, 2.24) is 0 Å². The van der Waals surface area contributed by atoms with Gasteiger partial charge in [-0.3, -0.25) is 0 Å². The molecule has 2 fully saturated rings. The fourth-order valence-corrected chi connectivity index (χ4v) is 4.22. The van der Waals surface area contributed by atoms with E-state index >= 15 is 0 Å². The minimum absolute atomic E-state index is 0.0818. The van der Waals surface area contributed by atoms with E-state index in [1.54, 1.807) is 20.8 Å². The van der Waals surface area contributed by atoms with Crippen LogP contribution in [0.25, 0.3) is 0 Å². The van der Waals surface area contributed by atoms with Gasteiger partial charge in [0.25, 0.3) is 0 Å². The lowest BCUT2D eigenvalue weighted by Crippen LogP contribution is -2.65. The van der Waals surface area contributed by atoms with E-state index in [0.717, 1.165) is 0 Å². The summed E-state index contributed by atoms with van der Waals surface area (Å²) in [7, 11) is 0. The molecule has 0 aromatic heterocycles. The van der Waals surface area contributed by atoms with Crippen molar-refractivity contribution in [3.63, 3.8) is 0 Å². The number of rotatable bonds is 10. The van der Waals surface area contributed by atoms with E-state index in [9.17, 15) is 51.1 Å². The minimum atomic E-state index is -1.82. The Balaban J connectivity index is 2.32. The summed E-state index contributed by atoms with van der Waals surface area (Å²) in [6.45, 7) is 5.16. The largest absolute Gasteiger partial charge is 0.394 e. The molecule has 2 saturated heterocycles. The van der Waals surface area contributed by atoms with Crippen LogP contribution >= 0.6 is 0 Å². The molecular formula is C22H42O14. The highest BCUT2D eigenvalue weighted by molar-refractivity contribution is 4.94. The van der Waals surface area contributed by atoms with Crippen molar-refractivity contribution in [3.8, 4) is 0 Å². The Kier molecular flexibility index (Phi) is 11.4. The monoisotopic (exact) mass is 530 g/mol. The first-order chi connectivity index (χ1) is 16.6. The first kappa shape index (κ1) is 31.7. The molecule has 2 aliphatic heterocycles. The number of ether oxygens (including phenoxy) is 4. The molecule has 0 aromatic carbocycles. The van der Waals surface area contributed by atoms with Gasteiger partial charge in [0, 0.05) is 0 Å². The molecule has 0 saturated carbocycles. The third-order valence-electron chi connectivity index (χ3n) is 6.33. The van der Waals surface area contributed by atoms with Crippen LogP contribution in [0.15, 0.2) is 0 Å². The Hall–Kier alpha value is -0.560. The third kappa shape index (κ3) is 7.51. The summed E-state index contributed by atoms with van der Waals surface area (Å²) in [6.07, 6.45) is -22.4. The van der Waals surface area contributed by atoms with Gasteiger partial charge in [0.2, 0.25) is 0 Å². The fraction of sp³-hybridized carbons (Fsp3) is 1.00. The summed E-state index contributed by atoms with van der Waals surface area (Å²) in [6, 6.07) is 0. The Morgan fingerprint density at radius 3 is 1.92 bits per heavy atom. The van der Waals surface area contributed by atoms with Crippen molar-refractivity contribution in [2.75, 3.05) is 13.2 Å². The van der Waals surface area contributed by atoms with E-state index in [0.29, 0.717) is 0 Å². The van der Waals surface area contributed by atoms with Gasteiger partial charge < -0.3 is 70.0 Å². The third-order valence-corrected chi connectivity index (χ3v) is 6.33. The zero-order valence-corrected chi connectivity index (χ0v) is 20.8. The highest BCUT2D eigenvalue weighted by Gasteiger charge is 2.51. The van der Waals surface area contributed by atoms with Gasteiger partial charge in [0.05, 0.1) is 25.4 Å². The summed E-state index contributed by atoms with van der Waals surface area (Å²) < 4.78 is 22.1. The Morgan fingerprint density at radius 2 is 1.39 bits per heavy atom. The van der Waals surface area contributed by atoms with Crippen molar-refractivity contribution >= 4 is 0 Å². The van der Waals surface area contributed by atoms with Gasteiger partial charge in [0.15, 0.2) is 12.6 Å². The number of hydrogen-bond donors (Lipinski definition) is 10. The summed E-state index contributed by atoms with van der Waals surface area (Å²) in [4.78, 5) is 0. The summed E-state index contributed by atoms with van der Waals surface area (Å²) in [5.74, 6) is 0. The predicted octanol–water partition coefficient (Wildman–Crippen LogP) is -4.47. The van der Waals surface area contributed by atoms with E-state index in [-0.39, 0.29) is 6.42 Å². The molecule has 0 unspecified atom stereocenters. The zero-order valence-electron chi connectivity index (χ0n) is 20.8. The quantitative estimate of drug-likeness (QED) is 0.128. The average molecular weight is 531 g/mol. The van der Waals surface area contributed by atoms with Gasteiger partial charge in [-0.25, -0.2) is 0 Å². The van der Waals surface area contributed by atoms with Crippen molar-refractivity contribution in [2.24, 2.45) is 5.41 Å². The lowest BCUT2D eigenvalue weighted by molar-refractivity contribution is -0.375. The van der Waals surface area contributed by atoms with Gasteiger partial charge >= 0.3 is 0 Å². The SMILES string of the molecule is C[C@@H]1O[C@H](O[C@H]2[C@H](O[C@@H]([C@H](O)[C@@H](O)CC(C)(C)C)[C@H](O)CO)O[C@H](CO)[C@H](O)[C@@H]2O)[C@@H](O)[C@H](O)[C@@H]1O. The molecule has 0 spiro atoms. The van der Waals surface area contributed by atoms with Crippen molar-refractivity contribution in [1.29, 1.82) is 0 Å². The van der Waals surface area contributed by atoms with Crippen LogP contribution in [-0.2, 0) is 18.9 Å². The van der Waals surface area contributed by atoms with Crippen molar-refractivity contribution in [2.45, 2.75) is 120 Å². The van der Waals surface area contributed by atoms with Gasteiger partial charge in [0.1, 0.15) is 61.0 Å². The normalized spacial score (nSPS) is 41.5. The zero-order chi connectivity index (χ0) is 27.5. The maximum Gasteiger partial charge on any atom is 0.187 e. The van der Waals surface area contributed by atoms with E-state index < -0.39 is 104 Å². The van der Waals surface area contributed by atoms with Gasteiger partial charge in [-0.2, -0.15) is 0 Å². The molecule has 10 N–H and O–H groups in total. The topological polar surface area (TPSA) is 239 Å². The number of aliphatic hydroxyl groups excluding tert-OH is 10. The first-order valence-corrected chi connectivity index (χ1v) is 11.9. The second-order valence-electron chi connectivity index (χ2n) is 10.7. The summed E-state index contributed by atoms with van der Waals surface area (Å²) in [5, 5.41) is 102. The molecule has 0 radical (unpaired) electrons. The minimum Gasteiger partial charge on any atom is -0.394 e. The lowest BCUT2D eigenvalue weighted by Gasteiger charge is -2.47. The predicted molar refractivity (Wildman–Crippen MR) is 119 cm³/mol. The molecule has 14 atom stereocenters. The maximum absolute atomic E-state index is 10.7. The molecule has 0 amide bonds. The van der Waals surface area contributed by atoms with E-state index in [2.05, 4.69) is 0 Å². The summed E-state index contributed by atoms with van der Waals surface area (Å²) in [5.41, 5.74) is -0.430. The molecule has 14 heteroatoms. The van der Waals surface area contributed by atoms with Gasteiger partial charge in [-0.1, -0.05) is 20.8 Å². The van der Waals surface area contributed by atoms with Crippen LogP contribution in [0.2, 0.25) is 0 Å². The van der Waals surface area contributed by atoms with Crippen molar-refractivity contribution < 1.29 is 70.0 Å². The maximum atomic E-state index is 10.7. The highest BCUT2D eigenvalue weighted by Crippen LogP contribution is 2.32. The van der Waals surface area contributed by atoms with Crippen LogP contribution in [-0.4, -0.2) is 150 Å². The van der Waals surface area contributed by atoms with E-state index in [1.807, 2.05) is 0 Å². The summed E-state index contributed by atoms with van der Waals surface area (Å²) >= 11 is 0. The molecule has 0 aliphatic carbocycles. The molecule has 214 valence electrons. The highest BCUT2D eigenvalue weighted by atomic mass is 16.8. The molecule has 0 bridgehead atoms. The van der Waals surface area contributed by atoms with Gasteiger partial charge in [-0.15, -0.1) is 0 Å². The van der Waals surface area contributed by atoms with Crippen LogP contribution in [0.3, 0.4) is 0 Å². The Bertz CT molecular complexity index is 661. The van der Waals surface area contributed by atoms with Crippen LogP contribution in [0, 0.1) is 5.41 Å². The van der Waals surface area contributed by atoms with Crippen LogP contribution in [0.4, 0.5) is 0 Å². The second kappa shape index (κ2) is 13.0. The average Bonchev–Trinajstić information content (AvgIpc) is 2.81. The van der Waals surface area contributed by atoms with E-state index in [1.165, 1.54) is 6.92 Å². The fourth-order valence-electron chi connectivity index (χ4n) is 4.22. The number of hydrogen-bond acceptors (Lipinski definition) is 14.